The summed E-state index contributed by atoms with van der Waals surface area (Å²) in [5.74, 6) is 0. The van der Waals surface area contributed by atoms with Crippen LogP contribution < -0.4 is 10.2 Å². The molecule has 1 aliphatic heterocycles. The van der Waals surface area contributed by atoms with E-state index in [1.165, 1.54) is 30.5 Å². The van der Waals surface area contributed by atoms with Gasteiger partial charge >= 0.3 is 6.03 Å². The van der Waals surface area contributed by atoms with Gasteiger partial charge in [-0.25, -0.2) is 4.79 Å². The molecule has 2 amide bonds. The minimum absolute atomic E-state index is 0.0299. The first-order valence-electron chi connectivity index (χ1n) is 10.1. The fourth-order valence-corrected chi connectivity index (χ4v) is 3.70. The summed E-state index contributed by atoms with van der Waals surface area (Å²) in [6.45, 7) is 2.67. The first-order valence-corrected chi connectivity index (χ1v) is 10.1. The maximum Gasteiger partial charge on any atom is 0.321 e. The lowest BCUT2D eigenvalue weighted by Crippen LogP contribution is -2.43. The zero-order valence-corrected chi connectivity index (χ0v) is 16.9. The topological polar surface area (TPSA) is 44.8 Å². The van der Waals surface area contributed by atoms with Crippen molar-refractivity contribution in [2.24, 2.45) is 0 Å². The fourth-order valence-electron chi connectivity index (χ4n) is 3.70. The number of urea groups is 1. The number of piperidine rings is 1. The molecular weight excluding hydrogens is 350 g/mol. The van der Waals surface area contributed by atoms with Gasteiger partial charge in [-0.2, -0.15) is 0 Å². The summed E-state index contributed by atoms with van der Waals surface area (Å²) >= 11 is 0. The van der Waals surface area contributed by atoms with Gasteiger partial charge < -0.3 is 19.9 Å². The summed E-state index contributed by atoms with van der Waals surface area (Å²) in [5, 5.41) is 3.05. The smallest absolute Gasteiger partial charge is 0.321 e. The molecule has 1 N–H and O–H groups in total. The van der Waals surface area contributed by atoms with E-state index in [1.807, 2.05) is 37.4 Å². The molecule has 5 nitrogen and oxygen atoms in total. The number of nitrogens with one attached hydrogen (secondary N) is 1. The number of hydrogen-bond donors (Lipinski definition) is 1. The van der Waals surface area contributed by atoms with Gasteiger partial charge in [-0.3, -0.25) is 0 Å². The van der Waals surface area contributed by atoms with E-state index >= 15 is 0 Å². The lowest BCUT2D eigenvalue weighted by atomic mass is 10.1. The van der Waals surface area contributed by atoms with Crippen molar-refractivity contribution in [3.63, 3.8) is 0 Å². The Morgan fingerprint density at radius 2 is 1.86 bits per heavy atom. The molecular formula is C23H31N3O2. The first-order chi connectivity index (χ1) is 13.7. The first kappa shape index (κ1) is 20.2. The molecule has 2 aromatic rings. The molecule has 0 saturated carbocycles. The van der Waals surface area contributed by atoms with E-state index in [2.05, 4.69) is 34.5 Å². The molecule has 28 heavy (non-hydrogen) atoms. The van der Waals surface area contributed by atoms with E-state index in [0.29, 0.717) is 6.61 Å². The average molecular weight is 382 g/mol. The molecule has 3 rings (SSSR count). The van der Waals surface area contributed by atoms with Crippen LogP contribution in [0.5, 0.6) is 0 Å². The molecule has 150 valence electrons. The summed E-state index contributed by atoms with van der Waals surface area (Å²) in [6.07, 6.45) is 4.53. The number of hydrogen-bond acceptors (Lipinski definition) is 3. The van der Waals surface area contributed by atoms with Crippen molar-refractivity contribution < 1.29 is 9.53 Å². The minimum Gasteiger partial charge on any atom is -0.383 e. The summed E-state index contributed by atoms with van der Waals surface area (Å²) < 4.78 is 5.37. The maximum absolute atomic E-state index is 12.9. The summed E-state index contributed by atoms with van der Waals surface area (Å²) in [7, 11) is 3.50. The Morgan fingerprint density at radius 1 is 1.11 bits per heavy atom. The largest absolute Gasteiger partial charge is 0.383 e. The molecule has 1 atom stereocenters. The second-order valence-corrected chi connectivity index (χ2v) is 7.44. The van der Waals surface area contributed by atoms with Gasteiger partial charge in [0.1, 0.15) is 0 Å². The average Bonchev–Trinajstić information content (AvgIpc) is 2.74. The van der Waals surface area contributed by atoms with Gasteiger partial charge in [0, 0.05) is 38.6 Å². The van der Waals surface area contributed by atoms with Gasteiger partial charge in [-0.05, 0) is 49.4 Å². The molecule has 2 aromatic carbocycles. The van der Waals surface area contributed by atoms with Crippen molar-refractivity contribution in [1.29, 1.82) is 0 Å². The summed E-state index contributed by atoms with van der Waals surface area (Å²) in [6, 6.07) is 18.2. The van der Waals surface area contributed by atoms with Gasteiger partial charge in [0.2, 0.25) is 0 Å². The molecule has 1 heterocycles. The Morgan fingerprint density at radius 3 is 2.57 bits per heavy atom. The van der Waals surface area contributed by atoms with Crippen LogP contribution in [-0.4, -0.2) is 50.8 Å². The third-order valence-corrected chi connectivity index (χ3v) is 5.36. The quantitative estimate of drug-likeness (QED) is 0.773. The van der Waals surface area contributed by atoms with E-state index < -0.39 is 0 Å². The van der Waals surface area contributed by atoms with E-state index in [1.54, 1.807) is 12.0 Å². The highest BCUT2D eigenvalue weighted by atomic mass is 16.5. The number of nitrogens with zero attached hydrogens (tertiary/aromatic N) is 2. The molecule has 0 aliphatic carbocycles. The van der Waals surface area contributed by atoms with Crippen LogP contribution in [0.25, 0.3) is 0 Å². The van der Waals surface area contributed by atoms with Crippen LogP contribution in [0.4, 0.5) is 16.2 Å². The Kier molecular flexibility index (Phi) is 7.31. The van der Waals surface area contributed by atoms with Gasteiger partial charge in [-0.15, -0.1) is 0 Å². The van der Waals surface area contributed by atoms with E-state index in [0.717, 1.165) is 25.2 Å². The van der Waals surface area contributed by atoms with E-state index in [4.69, 9.17) is 4.74 Å². The lowest BCUT2D eigenvalue weighted by molar-refractivity contribution is 0.120. The van der Waals surface area contributed by atoms with Crippen molar-refractivity contribution in [2.45, 2.75) is 31.7 Å². The molecule has 1 aliphatic rings. The zero-order valence-electron chi connectivity index (χ0n) is 16.9. The number of carbonyl (C=O) groups is 1. The van der Waals surface area contributed by atoms with Crippen molar-refractivity contribution in [2.75, 3.05) is 44.1 Å². The number of anilines is 2. The SMILES string of the molecule is COC[C@@H](Cc1ccccc1)N(C)C(=O)Nc1cccc(N2CCCCC2)c1. The lowest BCUT2D eigenvalue weighted by Gasteiger charge is -2.30. The Balaban J connectivity index is 1.64. The number of likely N-dealkylation sites (N-methyl/N-ethyl adjacent to an activating group) is 1. The van der Waals surface area contributed by atoms with Crippen molar-refractivity contribution in [3.8, 4) is 0 Å². The zero-order chi connectivity index (χ0) is 19.8. The monoisotopic (exact) mass is 381 g/mol. The number of amides is 2. The summed E-state index contributed by atoms with van der Waals surface area (Å²) in [4.78, 5) is 17.0. The molecule has 0 aromatic heterocycles. The Hall–Kier alpha value is -2.53. The van der Waals surface area contributed by atoms with Gasteiger partial charge in [-0.1, -0.05) is 36.4 Å². The summed E-state index contributed by atoms with van der Waals surface area (Å²) in [5.41, 5.74) is 3.20. The predicted octanol–water partition coefficient (Wildman–Crippen LogP) is 4.40. The highest BCUT2D eigenvalue weighted by Gasteiger charge is 2.21. The van der Waals surface area contributed by atoms with Crippen LogP contribution in [0.2, 0.25) is 0 Å². The highest BCUT2D eigenvalue weighted by molar-refractivity contribution is 5.90. The normalized spacial score (nSPS) is 15.1. The van der Waals surface area contributed by atoms with Crippen LogP contribution in [0, 0.1) is 0 Å². The third-order valence-electron chi connectivity index (χ3n) is 5.36. The van der Waals surface area contributed by atoms with Crippen molar-refractivity contribution in [3.05, 3.63) is 60.2 Å². The predicted molar refractivity (Wildman–Crippen MR) is 115 cm³/mol. The number of benzene rings is 2. The Labute approximate surface area is 168 Å². The van der Waals surface area contributed by atoms with E-state index in [9.17, 15) is 4.79 Å². The number of ether oxygens (including phenoxy) is 1. The number of methoxy groups -OCH3 is 1. The molecule has 1 fully saturated rings. The maximum atomic E-state index is 12.9. The van der Waals surface area contributed by atoms with E-state index in [-0.39, 0.29) is 12.1 Å². The van der Waals surface area contributed by atoms with Crippen LogP contribution in [0.3, 0.4) is 0 Å². The number of carbonyl (C=O) groups excluding carboxylic acids is 1. The number of rotatable bonds is 7. The standard InChI is InChI=1S/C23H31N3O2/c1-25(22(18-28-2)16-19-10-5-3-6-11-19)23(27)24-20-12-9-13-21(17-20)26-14-7-4-8-15-26/h3,5-6,9-13,17,22H,4,7-8,14-16,18H2,1-2H3,(H,24,27)/t22-/m1/s1. The molecule has 0 unspecified atom stereocenters. The van der Waals surface area contributed by atoms with Crippen molar-refractivity contribution in [1.82, 2.24) is 4.90 Å². The second kappa shape index (κ2) is 10.1. The third kappa shape index (κ3) is 5.49. The van der Waals surface area contributed by atoms with Gasteiger partial charge in [0.05, 0.1) is 12.6 Å². The van der Waals surface area contributed by atoms with Gasteiger partial charge in [0.15, 0.2) is 0 Å². The Bertz CT molecular complexity index is 745. The molecule has 0 radical (unpaired) electrons. The van der Waals surface area contributed by atoms with Gasteiger partial charge in [0.25, 0.3) is 0 Å². The van der Waals surface area contributed by atoms with Crippen LogP contribution >= 0.6 is 0 Å². The second-order valence-electron chi connectivity index (χ2n) is 7.44. The highest BCUT2D eigenvalue weighted by Crippen LogP contribution is 2.23. The van der Waals surface area contributed by atoms with Crippen LogP contribution in [-0.2, 0) is 11.2 Å². The molecule has 0 spiro atoms. The molecule has 5 heteroatoms. The fraction of sp³-hybridized carbons (Fsp3) is 0.435. The van der Waals surface area contributed by atoms with Crippen LogP contribution in [0.1, 0.15) is 24.8 Å². The molecule has 1 saturated heterocycles. The minimum atomic E-state index is -0.117. The van der Waals surface area contributed by atoms with Crippen molar-refractivity contribution >= 4 is 17.4 Å². The van der Waals surface area contributed by atoms with Crippen LogP contribution in [0.15, 0.2) is 54.6 Å². The molecule has 0 bridgehead atoms.